The number of carbonyl (C=O) groups excluding carboxylic acids is 3. The molecule has 5 rings (SSSR count). The zero-order valence-corrected chi connectivity index (χ0v) is 18.5. The number of benzene rings is 2. The molecule has 1 saturated heterocycles. The number of esters is 1. The number of rotatable bonds is 5. The lowest BCUT2D eigenvalue weighted by molar-refractivity contribution is -0.145. The van der Waals surface area contributed by atoms with Gasteiger partial charge in [-0.05, 0) is 49.1 Å². The zero-order chi connectivity index (χ0) is 21.7. The van der Waals surface area contributed by atoms with E-state index in [1.54, 1.807) is 24.3 Å². The van der Waals surface area contributed by atoms with E-state index < -0.39 is 0 Å². The maximum absolute atomic E-state index is 13.0. The van der Waals surface area contributed by atoms with Crippen molar-refractivity contribution >= 4 is 39.4 Å². The summed E-state index contributed by atoms with van der Waals surface area (Å²) in [5.41, 5.74) is 2.15. The standard InChI is InChI=1S/C24H23BrN2O4/c1-12(13-5-3-2-4-6-13)26-22(28)14-7-9-15(10-8-14)27-23(29)18-16-11-17-19(18)24(30)31-21(17)20(16)25/h2-10,12,16-21H,11H2,1H3,(H,26,28)(H,27,29)/t12-,16+,17+,18+,19-,20+,21-/m0/s1. The van der Waals surface area contributed by atoms with E-state index in [-0.39, 0.29) is 58.4 Å². The Bertz CT molecular complexity index is 1030. The van der Waals surface area contributed by atoms with Crippen LogP contribution in [0.5, 0.6) is 0 Å². The molecule has 7 heteroatoms. The van der Waals surface area contributed by atoms with Crippen molar-refractivity contribution in [1.82, 2.24) is 5.32 Å². The molecule has 0 unspecified atom stereocenters. The topological polar surface area (TPSA) is 84.5 Å². The number of nitrogens with one attached hydrogen (secondary N) is 2. The summed E-state index contributed by atoms with van der Waals surface area (Å²) in [5, 5.41) is 5.91. The van der Waals surface area contributed by atoms with Gasteiger partial charge in [-0.25, -0.2) is 0 Å². The molecule has 3 aliphatic rings. The number of amides is 2. The Kier molecular flexibility index (Phi) is 5.08. The number of hydrogen-bond acceptors (Lipinski definition) is 4. The van der Waals surface area contributed by atoms with E-state index in [9.17, 15) is 14.4 Å². The number of halogens is 1. The van der Waals surface area contributed by atoms with Gasteiger partial charge >= 0.3 is 5.97 Å². The third kappa shape index (κ3) is 3.45. The fraction of sp³-hybridized carbons (Fsp3) is 0.375. The summed E-state index contributed by atoms with van der Waals surface area (Å²) >= 11 is 3.63. The van der Waals surface area contributed by atoms with Crippen LogP contribution in [0.3, 0.4) is 0 Å². The highest BCUT2D eigenvalue weighted by Gasteiger charge is 2.67. The highest BCUT2D eigenvalue weighted by Crippen LogP contribution is 2.60. The SMILES string of the molecule is C[C@H](NC(=O)c1ccc(NC(=O)[C@@H]2[C@H]3C[C@H]4[C@H](OC(=O)[C@@H]42)[C@@H]3Br)cc1)c1ccccc1. The summed E-state index contributed by atoms with van der Waals surface area (Å²) in [5.74, 6) is -1.06. The zero-order valence-electron chi connectivity index (χ0n) is 17.0. The lowest BCUT2D eigenvalue weighted by atomic mass is 9.79. The number of alkyl halides is 1. The lowest BCUT2D eigenvalue weighted by Crippen LogP contribution is -2.40. The Balaban J connectivity index is 1.23. The van der Waals surface area contributed by atoms with Gasteiger partial charge in [0.15, 0.2) is 0 Å². The van der Waals surface area contributed by atoms with Crippen molar-refractivity contribution in [3.05, 3.63) is 65.7 Å². The van der Waals surface area contributed by atoms with Gasteiger partial charge in [0.05, 0.1) is 22.7 Å². The van der Waals surface area contributed by atoms with E-state index in [2.05, 4.69) is 26.6 Å². The maximum Gasteiger partial charge on any atom is 0.310 e. The second-order valence-corrected chi connectivity index (χ2v) is 9.69. The molecule has 160 valence electrons. The van der Waals surface area contributed by atoms with E-state index in [0.29, 0.717) is 11.3 Å². The minimum Gasteiger partial charge on any atom is -0.461 e. The molecule has 6 nitrogen and oxygen atoms in total. The van der Waals surface area contributed by atoms with Crippen LogP contribution in [0.2, 0.25) is 0 Å². The largest absolute Gasteiger partial charge is 0.461 e. The second-order valence-electron chi connectivity index (χ2n) is 8.63. The van der Waals surface area contributed by atoms with Crippen molar-refractivity contribution in [2.24, 2.45) is 23.7 Å². The maximum atomic E-state index is 13.0. The van der Waals surface area contributed by atoms with Crippen molar-refractivity contribution in [2.45, 2.75) is 30.3 Å². The van der Waals surface area contributed by atoms with Crippen molar-refractivity contribution in [3.8, 4) is 0 Å². The first-order valence-electron chi connectivity index (χ1n) is 10.6. The second kappa shape index (κ2) is 7.79. The van der Waals surface area contributed by atoms with Gasteiger partial charge < -0.3 is 15.4 Å². The minimum atomic E-state index is -0.379. The third-order valence-corrected chi connectivity index (χ3v) is 8.09. The summed E-state index contributed by atoms with van der Waals surface area (Å²) < 4.78 is 5.48. The van der Waals surface area contributed by atoms with E-state index >= 15 is 0 Å². The van der Waals surface area contributed by atoms with Gasteiger partial charge in [-0.3, -0.25) is 14.4 Å². The summed E-state index contributed by atoms with van der Waals surface area (Å²) in [4.78, 5) is 37.8. The molecule has 31 heavy (non-hydrogen) atoms. The molecule has 2 N–H and O–H groups in total. The Morgan fingerprint density at radius 1 is 1.06 bits per heavy atom. The molecule has 0 spiro atoms. The summed E-state index contributed by atoms with van der Waals surface area (Å²) in [6.45, 7) is 1.94. The van der Waals surface area contributed by atoms with Crippen molar-refractivity contribution in [1.29, 1.82) is 0 Å². The molecule has 2 aliphatic carbocycles. The van der Waals surface area contributed by atoms with Gasteiger partial charge in [-0.15, -0.1) is 0 Å². The van der Waals surface area contributed by atoms with Crippen molar-refractivity contribution in [3.63, 3.8) is 0 Å². The van der Waals surface area contributed by atoms with Crippen molar-refractivity contribution < 1.29 is 19.1 Å². The smallest absolute Gasteiger partial charge is 0.310 e. The predicted molar refractivity (Wildman–Crippen MR) is 119 cm³/mol. The normalized spacial score (nSPS) is 31.2. The first-order valence-corrected chi connectivity index (χ1v) is 11.5. The Hall–Kier alpha value is -2.67. The fourth-order valence-corrected chi connectivity index (χ4v) is 6.41. The van der Waals surface area contributed by atoms with E-state index in [0.717, 1.165) is 12.0 Å². The first kappa shape index (κ1) is 20.2. The van der Waals surface area contributed by atoms with E-state index in [1.165, 1.54) is 0 Å². The Labute approximate surface area is 188 Å². The Morgan fingerprint density at radius 2 is 1.77 bits per heavy atom. The molecule has 1 heterocycles. The van der Waals surface area contributed by atoms with Crippen LogP contribution in [0.25, 0.3) is 0 Å². The Morgan fingerprint density at radius 3 is 2.48 bits per heavy atom. The van der Waals surface area contributed by atoms with Gasteiger partial charge in [-0.1, -0.05) is 46.3 Å². The quantitative estimate of drug-likeness (QED) is 0.502. The summed E-state index contributed by atoms with van der Waals surface area (Å²) in [7, 11) is 0. The fourth-order valence-electron chi connectivity index (χ4n) is 5.37. The van der Waals surface area contributed by atoms with Crippen LogP contribution in [0, 0.1) is 23.7 Å². The van der Waals surface area contributed by atoms with E-state index in [1.807, 2.05) is 37.3 Å². The van der Waals surface area contributed by atoms with Crippen LogP contribution < -0.4 is 10.6 Å². The van der Waals surface area contributed by atoms with Crippen LogP contribution in [0.15, 0.2) is 54.6 Å². The summed E-state index contributed by atoms with van der Waals surface area (Å²) in [6.07, 6.45) is 0.746. The average molecular weight is 483 g/mol. The monoisotopic (exact) mass is 482 g/mol. The van der Waals surface area contributed by atoms with E-state index in [4.69, 9.17) is 4.74 Å². The van der Waals surface area contributed by atoms with Gasteiger partial charge in [0.2, 0.25) is 5.91 Å². The predicted octanol–water partition coefficient (Wildman–Crippen LogP) is 3.69. The average Bonchev–Trinajstić information content (AvgIpc) is 3.39. The molecule has 2 amide bonds. The molecule has 0 radical (unpaired) electrons. The molecule has 7 atom stereocenters. The van der Waals surface area contributed by atoms with Gasteiger partial charge in [0, 0.05) is 17.2 Å². The minimum absolute atomic E-state index is 0.0358. The molecule has 2 saturated carbocycles. The lowest BCUT2D eigenvalue weighted by Gasteiger charge is -2.27. The number of anilines is 1. The third-order valence-electron chi connectivity index (χ3n) is 6.89. The molecule has 2 aromatic carbocycles. The highest BCUT2D eigenvalue weighted by molar-refractivity contribution is 9.09. The molecule has 1 aliphatic heterocycles. The number of carbonyl (C=O) groups is 3. The number of hydrogen-bond donors (Lipinski definition) is 2. The van der Waals surface area contributed by atoms with Crippen LogP contribution in [-0.2, 0) is 14.3 Å². The highest BCUT2D eigenvalue weighted by atomic mass is 79.9. The molecule has 0 aromatic heterocycles. The molecule has 3 fully saturated rings. The molecular formula is C24H23BrN2O4. The van der Waals surface area contributed by atoms with Crippen LogP contribution in [0.1, 0.15) is 35.3 Å². The number of fused-ring (bicyclic) bond motifs is 1. The summed E-state index contributed by atoms with van der Waals surface area (Å²) in [6, 6.07) is 16.5. The van der Waals surface area contributed by atoms with Crippen LogP contribution in [0.4, 0.5) is 5.69 Å². The molecule has 2 aromatic rings. The molecular weight excluding hydrogens is 460 g/mol. The van der Waals surface area contributed by atoms with Crippen LogP contribution in [-0.4, -0.2) is 28.7 Å². The van der Waals surface area contributed by atoms with Gasteiger partial charge in [0.25, 0.3) is 5.91 Å². The first-order chi connectivity index (χ1) is 14.9. The number of ether oxygens (including phenoxy) is 1. The van der Waals surface area contributed by atoms with Gasteiger partial charge in [0.1, 0.15) is 6.10 Å². The molecule has 2 bridgehead atoms. The van der Waals surface area contributed by atoms with Crippen molar-refractivity contribution in [2.75, 3.05) is 5.32 Å². The van der Waals surface area contributed by atoms with Crippen LogP contribution >= 0.6 is 15.9 Å². The van der Waals surface area contributed by atoms with Gasteiger partial charge in [-0.2, -0.15) is 0 Å².